The van der Waals surface area contributed by atoms with E-state index in [1.165, 1.54) is 35.1 Å². The van der Waals surface area contributed by atoms with Gasteiger partial charge in [0.15, 0.2) is 0 Å². The van der Waals surface area contributed by atoms with Gasteiger partial charge in [0.25, 0.3) is 0 Å². The van der Waals surface area contributed by atoms with E-state index in [9.17, 15) is 0 Å². The Kier molecular flexibility index (Phi) is 1.82. The second-order valence-electron chi connectivity index (χ2n) is 5.24. The average molecular weight is 211 g/mol. The summed E-state index contributed by atoms with van der Waals surface area (Å²) >= 11 is 0. The topological polar surface area (TPSA) is 26.0 Å². The summed E-state index contributed by atoms with van der Waals surface area (Å²) in [5.41, 5.74) is 12.6. The highest BCUT2D eigenvalue weighted by molar-refractivity contribution is 5.90. The molecule has 0 amide bonds. The van der Waals surface area contributed by atoms with E-state index in [2.05, 4.69) is 38.1 Å². The first-order valence-electron chi connectivity index (χ1n) is 5.92. The molecule has 0 saturated carbocycles. The lowest BCUT2D eigenvalue weighted by Gasteiger charge is -2.23. The van der Waals surface area contributed by atoms with Crippen molar-refractivity contribution in [1.29, 1.82) is 0 Å². The van der Waals surface area contributed by atoms with E-state index >= 15 is 0 Å². The highest BCUT2D eigenvalue weighted by Gasteiger charge is 2.38. The summed E-state index contributed by atoms with van der Waals surface area (Å²) in [7, 11) is 0. The van der Waals surface area contributed by atoms with Gasteiger partial charge in [-0.3, -0.25) is 0 Å². The van der Waals surface area contributed by atoms with Crippen molar-refractivity contribution < 1.29 is 0 Å². The molecule has 0 heterocycles. The van der Waals surface area contributed by atoms with E-state index in [-0.39, 0.29) is 5.41 Å². The Morgan fingerprint density at radius 2 is 1.88 bits per heavy atom. The Hall–Kier alpha value is -1.50. The van der Waals surface area contributed by atoms with Crippen LogP contribution in [0, 0.1) is 0 Å². The summed E-state index contributed by atoms with van der Waals surface area (Å²) in [6.07, 6.45) is 7.11. The van der Waals surface area contributed by atoms with E-state index in [0.29, 0.717) is 0 Å². The number of benzene rings is 1. The SMILES string of the molecule is CC1(C)C2=CCCC=C2c2ccc(N)cc21. The van der Waals surface area contributed by atoms with Crippen LogP contribution in [0.15, 0.2) is 35.9 Å². The second kappa shape index (κ2) is 3.00. The fourth-order valence-electron chi connectivity index (χ4n) is 2.98. The van der Waals surface area contributed by atoms with Crippen LogP contribution in [0.1, 0.15) is 37.8 Å². The van der Waals surface area contributed by atoms with Crippen LogP contribution in [0.2, 0.25) is 0 Å². The van der Waals surface area contributed by atoms with E-state index < -0.39 is 0 Å². The van der Waals surface area contributed by atoms with Gasteiger partial charge in [-0.25, -0.2) is 0 Å². The van der Waals surface area contributed by atoms with Crippen molar-refractivity contribution in [3.63, 3.8) is 0 Å². The normalized spacial score (nSPS) is 20.9. The van der Waals surface area contributed by atoms with Gasteiger partial charge in [-0.05, 0) is 47.2 Å². The minimum Gasteiger partial charge on any atom is -0.399 e. The summed E-state index contributed by atoms with van der Waals surface area (Å²) in [5.74, 6) is 0. The van der Waals surface area contributed by atoms with Crippen LogP contribution < -0.4 is 5.73 Å². The smallest absolute Gasteiger partial charge is 0.0317 e. The molecule has 0 saturated heterocycles. The number of fused-ring (bicyclic) bond motifs is 3. The fourth-order valence-corrected chi connectivity index (χ4v) is 2.98. The molecule has 0 fully saturated rings. The lowest BCUT2D eigenvalue weighted by molar-refractivity contribution is 0.655. The Morgan fingerprint density at radius 3 is 2.69 bits per heavy atom. The number of anilines is 1. The van der Waals surface area contributed by atoms with Gasteiger partial charge in [0, 0.05) is 11.1 Å². The van der Waals surface area contributed by atoms with Crippen LogP contribution >= 0.6 is 0 Å². The van der Waals surface area contributed by atoms with Crippen molar-refractivity contribution in [3.8, 4) is 0 Å². The summed E-state index contributed by atoms with van der Waals surface area (Å²) < 4.78 is 0. The van der Waals surface area contributed by atoms with Crippen molar-refractivity contribution in [2.75, 3.05) is 5.73 Å². The lowest BCUT2D eigenvalue weighted by Crippen LogP contribution is -2.16. The summed E-state index contributed by atoms with van der Waals surface area (Å²) in [6, 6.07) is 6.31. The molecule has 16 heavy (non-hydrogen) atoms. The zero-order valence-corrected chi connectivity index (χ0v) is 9.88. The first-order chi connectivity index (χ1) is 7.60. The third kappa shape index (κ3) is 1.12. The zero-order chi connectivity index (χ0) is 11.3. The Bertz CT molecular complexity index is 518. The molecule has 3 rings (SSSR count). The quantitative estimate of drug-likeness (QED) is 0.651. The molecule has 1 aromatic carbocycles. The second-order valence-corrected chi connectivity index (χ2v) is 5.24. The molecular weight excluding hydrogens is 194 g/mol. The molecule has 1 heteroatoms. The molecule has 2 aliphatic rings. The van der Waals surface area contributed by atoms with Gasteiger partial charge in [-0.15, -0.1) is 0 Å². The minimum atomic E-state index is 0.122. The molecule has 0 aromatic heterocycles. The molecule has 2 aliphatic carbocycles. The van der Waals surface area contributed by atoms with Gasteiger partial charge in [-0.1, -0.05) is 32.1 Å². The third-order valence-corrected chi connectivity index (χ3v) is 3.83. The van der Waals surface area contributed by atoms with Gasteiger partial charge in [0.05, 0.1) is 0 Å². The van der Waals surface area contributed by atoms with Crippen molar-refractivity contribution in [2.24, 2.45) is 0 Å². The molecular formula is C15H17N. The molecule has 0 spiro atoms. The van der Waals surface area contributed by atoms with Crippen molar-refractivity contribution >= 4 is 11.3 Å². The molecule has 2 N–H and O–H groups in total. The van der Waals surface area contributed by atoms with Gasteiger partial charge < -0.3 is 5.73 Å². The van der Waals surface area contributed by atoms with Crippen molar-refractivity contribution in [2.45, 2.75) is 32.1 Å². The molecule has 0 unspecified atom stereocenters. The van der Waals surface area contributed by atoms with E-state index in [1.807, 2.05) is 6.07 Å². The van der Waals surface area contributed by atoms with Crippen LogP contribution in [-0.2, 0) is 5.41 Å². The average Bonchev–Trinajstić information content (AvgIpc) is 2.49. The number of hydrogen-bond donors (Lipinski definition) is 1. The van der Waals surface area contributed by atoms with Gasteiger partial charge in [-0.2, -0.15) is 0 Å². The number of nitrogen functional groups attached to an aromatic ring is 1. The Labute approximate surface area is 96.7 Å². The molecule has 82 valence electrons. The molecule has 1 aromatic rings. The zero-order valence-electron chi connectivity index (χ0n) is 9.88. The number of allylic oxidation sites excluding steroid dienone is 4. The lowest BCUT2D eigenvalue weighted by atomic mass is 9.80. The van der Waals surface area contributed by atoms with Gasteiger partial charge in [0.1, 0.15) is 0 Å². The van der Waals surface area contributed by atoms with Crippen LogP contribution in [0.4, 0.5) is 5.69 Å². The third-order valence-electron chi connectivity index (χ3n) is 3.83. The molecule has 0 atom stereocenters. The summed E-state index contributed by atoms with van der Waals surface area (Å²) in [6.45, 7) is 4.59. The predicted octanol–water partition coefficient (Wildman–Crippen LogP) is 3.66. The maximum absolute atomic E-state index is 5.90. The molecule has 1 nitrogen and oxygen atoms in total. The van der Waals surface area contributed by atoms with Gasteiger partial charge in [0.2, 0.25) is 0 Å². The Balaban J connectivity index is 2.31. The maximum atomic E-state index is 5.90. The van der Waals surface area contributed by atoms with Crippen molar-refractivity contribution in [1.82, 2.24) is 0 Å². The maximum Gasteiger partial charge on any atom is 0.0317 e. The van der Waals surface area contributed by atoms with Crippen LogP contribution in [0.5, 0.6) is 0 Å². The van der Waals surface area contributed by atoms with Crippen LogP contribution in [0.25, 0.3) is 5.57 Å². The number of nitrogens with two attached hydrogens (primary N) is 1. The standard InChI is InChI=1S/C15H17N/c1-15(2)13-6-4-3-5-11(13)12-8-7-10(16)9-14(12)15/h5-9H,3-4,16H2,1-2H3. The van der Waals surface area contributed by atoms with E-state index in [4.69, 9.17) is 5.73 Å². The fraction of sp³-hybridized carbons (Fsp3) is 0.333. The number of hydrogen-bond acceptors (Lipinski definition) is 1. The summed E-state index contributed by atoms with van der Waals surface area (Å²) in [5, 5.41) is 0. The van der Waals surface area contributed by atoms with Crippen LogP contribution in [0.3, 0.4) is 0 Å². The molecule has 0 radical (unpaired) electrons. The predicted molar refractivity (Wildman–Crippen MR) is 69.2 cm³/mol. The highest BCUT2D eigenvalue weighted by atomic mass is 14.6. The monoisotopic (exact) mass is 211 g/mol. The number of rotatable bonds is 0. The largest absolute Gasteiger partial charge is 0.399 e. The van der Waals surface area contributed by atoms with Crippen LogP contribution in [-0.4, -0.2) is 0 Å². The van der Waals surface area contributed by atoms with E-state index in [0.717, 1.165) is 5.69 Å². The first kappa shape index (κ1) is 9.71. The van der Waals surface area contributed by atoms with Crippen molar-refractivity contribution in [3.05, 3.63) is 47.1 Å². The summed E-state index contributed by atoms with van der Waals surface area (Å²) in [4.78, 5) is 0. The Morgan fingerprint density at radius 1 is 1.12 bits per heavy atom. The molecule has 0 aliphatic heterocycles. The first-order valence-corrected chi connectivity index (χ1v) is 5.92. The highest BCUT2D eigenvalue weighted by Crippen LogP contribution is 2.51. The minimum absolute atomic E-state index is 0.122. The van der Waals surface area contributed by atoms with Gasteiger partial charge >= 0.3 is 0 Å². The van der Waals surface area contributed by atoms with E-state index in [1.54, 1.807) is 0 Å². The molecule has 0 bridgehead atoms.